The van der Waals surface area contributed by atoms with Gasteiger partial charge in [-0.2, -0.15) is 0 Å². The van der Waals surface area contributed by atoms with E-state index in [4.69, 9.17) is 0 Å². The maximum absolute atomic E-state index is 11.9. The van der Waals surface area contributed by atoms with Crippen LogP contribution in [0.1, 0.15) is 29.1 Å². The maximum Gasteiger partial charge on any atom is 0.263 e. The third-order valence-electron chi connectivity index (χ3n) is 2.29. The Morgan fingerprint density at radius 2 is 2.06 bits per heavy atom. The highest BCUT2D eigenvalue weighted by atomic mass is 16.3. The summed E-state index contributed by atoms with van der Waals surface area (Å²) in [5.74, 6) is -0.153. The molecule has 0 spiro atoms. The van der Waals surface area contributed by atoms with Crippen molar-refractivity contribution in [3.8, 4) is 0 Å². The molecule has 4 heteroatoms. The van der Waals surface area contributed by atoms with Gasteiger partial charge in [0, 0.05) is 11.8 Å². The number of aliphatic hydroxyl groups is 1. The summed E-state index contributed by atoms with van der Waals surface area (Å²) < 4.78 is 1.37. The Kier molecular flexibility index (Phi) is 2.83. The van der Waals surface area contributed by atoms with Crippen LogP contribution in [0.5, 0.6) is 0 Å². The van der Waals surface area contributed by atoms with E-state index in [1.807, 2.05) is 6.07 Å². The summed E-state index contributed by atoms with van der Waals surface area (Å²) in [5.41, 5.74) is 1.08. The van der Waals surface area contributed by atoms with Gasteiger partial charge in [-0.1, -0.05) is 18.2 Å². The van der Waals surface area contributed by atoms with E-state index in [-0.39, 0.29) is 5.91 Å². The van der Waals surface area contributed by atoms with Crippen LogP contribution < -0.4 is 0 Å². The Balaban J connectivity index is 2.28. The van der Waals surface area contributed by atoms with Gasteiger partial charge in [-0.25, -0.2) is 4.98 Å². The fraction of sp³-hybridized carbons (Fsp3) is 0.167. The number of rotatable bonds is 2. The minimum atomic E-state index is -0.662. The van der Waals surface area contributed by atoms with Crippen molar-refractivity contribution in [1.82, 2.24) is 9.55 Å². The molecule has 1 N–H and O–H groups in total. The molecule has 0 saturated carbocycles. The number of carbonyl (C=O) groups is 1. The molecule has 0 aliphatic rings. The monoisotopic (exact) mass is 216 g/mol. The molecule has 0 bridgehead atoms. The summed E-state index contributed by atoms with van der Waals surface area (Å²) in [6, 6.07) is 8.94. The average Bonchev–Trinajstić information content (AvgIpc) is 2.78. The van der Waals surface area contributed by atoms with Gasteiger partial charge in [-0.05, 0) is 19.1 Å². The third-order valence-corrected chi connectivity index (χ3v) is 2.29. The molecule has 82 valence electrons. The van der Waals surface area contributed by atoms with Crippen LogP contribution in [0.3, 0.4) is 0 Å². The van der Waals surface area contributed by atoms with E-state index in [2.05, 4.69) is 4.98 Å². The highest BCUT2D eigenvalue weighted by Crippen LogP contribution is 2.10. The van der Waals surface area contributed by atoms with E-state index in [0.29, 0.717) is 11.3 Å². The molecule has 0 aliphatic heterocycles. The summed E-state index contributed by atoms with van der Waals surface area (Å²) in [4.78, 5) is 15.9. The highest BCUT2D eigenvalue weighted by Gasteiger charge is 2.10. The molecule has 1 aromatic heterocycles. The third kappa shape index (κ3) is 2.01. The predicted molar refractivity (Wildman–Crippen MR) is 59.0 cm³/mol. The Hall–Kier alpha value is -1.94. The van der Waals surface area contributed by atoms with Crippen molar-refractivity contribution in [2.75, 3.05) is 0 Å². The first-order valence-electron chi connectivity index (χ1n) is 5.00. The van der Waals surface area contributed by atoms with Gasteiger partial charge in [0.2, 0.25) is 0 Å². The van der Waals surface area contributed by atoms with Gasteiger partial charge < -0.3 is 5.11 Å². The first-order valence-corrected chi connectivity index (χ1v) is 5.00. The van der Waals surface area contributed by atoms with Crippen LogP contribution in [-0.2, 0) is 0 Å². The lowest BCUT2D eigenvalue weighted by molar-refractivity contribution is 0.0959. The number of aromatic nitrogens is 2. The van der Waals surface area contributed by atoms with Crippen molar-refractivity contribution in [3.63, 3.8) is 0 Å². The van der Waals surface area contributed by atoms with Crippen molar-refractivity contribution in [2.45, 2.75) is 13.0 Å². The minimum absolute atomic E-state index is 0.153. The van der Waals surface area contributed by atoms with Crippen LogP contribution in [0, 0.1) is 0 Å². The molecule has 0 fully saturated rings. The molecule has 1 atom stereocenters. The molecule has 16 heavy (non-hydrogen) atoms. The molecule has 0 amide bonds. The molecule has 1 heterocycles. The SMILES string of the molecule is CC(O)c1cn(C(=O)c2ccccc2)cn1. The van der Waals surface area contributed by atoms with Crippen LogP contribution >= 0.6 is 0 Å². The lowest BCUT2D eigenvalue weighted by Crippen LogP contribution is -2.09. The Morgan fingerprint density at radius 1 is 1.38 bits per heavy atom. The molecular formula is C12H12N2O2. The molecule has 1 unspecified atom stereocenters. The number of imidazole rings is 1. The second kappa shape index (κ2) is 4.28. The van der Waals surface area contributed by atoms with E-state index in [1.165, 1.54) is 10.9 Å². The average molecular weight is 216 g/mol. The highest BCUT2D eigenvalue weighted by molar-refractivity contribution is 5.95. The molecule has 1 aromatic carbocycles. The van der Waals surface area contributed by atoms with Crippen molar-refractivity contribution in [1.29, 1.82) is 0 Å². The summed E-state index contributed by atoms with van der Waals surface area (Å²) >= 11 is 0. The van der Waals surface area contributed by atoms with Gasteiger partial charge in [0.05, 0.1) is 11.8 Å². The number of hydrogen-bond acceptors (Lipinski definition) is 3. The zero-order valence-corrected chi connectivity index (χ0v) is 8.87. The molecule has 2 rings (SSSR count). The van der Waals surface area contributed by atoms with E-state index in [0.717, 1.165) is 0 Å². The van der Waals surface area contributed by atoms with Gasteiger partial charge in [-0.15, -0.1) is 0 Å². The summed E-state index contributed by atoms with van der Waals surface area (Å²) in [7, 11) is 0. The van der Waals surface area contributed by atoms with E-state index >= 15 is 0 Å². The number of nitrogens with zero attached hydrogens (tertiary/aromatic N) is 2. The number of carbonyl (C=O) groups excluding carboxylic acids is 1. The van der Waals surface area contributed by atoms with E-state index in [9.17, 15) is 9.90 Å². The molecule has 0 radical (unpaired) electrons. The minimum Gasteiger partial charge on any atom is -0.387 e. The van der Waals surface area contributed by atoms with Crippen molar-refractivity contribution in [3.05, 3.63) is 54.1 Å². The normalized spacial score (nSPS) is 12.4. The fourth-order valence-corrected chi connectivity index (χ4v) is 1.39. The van der Waals surface area contributed by atoms with Gasteiger partial charge in [0.1, 0.15) is 6.33 Å². The van der Waals surface area contributed by atoms with Gasteiger partial charge >= 0.3 is 0 Å². The number of aliphatic hydroxyl groups excluding tert-OH is 1. The fourth-order valence-electron chi connectivity index (χ4n) is 1.39. The van der Waals surface area contributed by atoms with E-state index in [1.54, 1.807) is 37.4 Å². The Morgan fingerprint density at radius 3 is 2.62 bits per heavy atom. The zero-order chi connectivity index (χ0) is 11.5. The molecule has 0 saturated heterocycles. The summed E-state index contributed by atoms with van der Waals surface area (Å²) in [5, 5.41) is 9.30. The smallest absolute Gasteiger partial charge is 0.263 e. The van der Waals surface area contributed by atoms with Crippen LogP contribution in [0.4, 0.5) is 0 Å². The summed E-state index contributed by atoms with van der Waals surface area (Å²) in [6.45, 7) is 1.61. The number of hydrogen-bond donors (Lipinski definition) is 1. The molecule has 4 nitrogen and oxygen atoms in total. The molecule has 2 aromatic rings. The molecular weight excluding hydrogens is 204 g/mol. The van der Waals surface area contributed by atoms with Crippen molar-refractivity contribution in [2.24, 2.45) is 0 Å². The van der Waals surface area contributed by atoms with Crippen molar-refractivity contribution < 1.29 is 9.90 Å². The van der Waals surface area contributed by atoms with Crippen LogP contribution in [0.2, 0.25) is 0 Å². The largest absolute Gasteiger partial charge is 0.387 e. The number of benzene rings is 1. The maximum atomic E-state index is 11.9. The lowest BCUT2D eigenvalue weighted by Gasteiger charge is -2.00. The topological polar surface area (TPSA) is 55.1 Å². The van der Waals surface area contributed by atoms with Crippen LogP contribution in [0.15, 0.2) is 42.9 Å². The first kappa shape index (κ1) is 10.6. The van der Waals surface area contributed by atoms with Crippen molar-refractivity contribution >= 4 is 5.91 Å². The standard InChI is InChI=1S/C12H12N2O2/c1-9(15)11-7-14(8-13-11)12(16)10-5-3-2-4-6-10/h2-9,15H,1H3. The van der Waals surface area contributed by atoms with Crippen LogP contribution in [-0.4, -0.2) is 20.6 Å². The molecule has 0 aliphatic carbocycles. The quantitative estimate of drug-likeness (QED) is 0.830. The second-order valence-corrected chi connectivity index (χ2v) is 3.55. The van der Waals surface area contributed by atoms with Gasteiger partial charge in [0.25, 0.3) is 5.91 Å². The first-order chi connectivity index (χ1) is 7.68. The zero-order valence-electron chi connectivity index (χ0n) is 8.87. The summed E-state index contributed by atoms with van der Waals surface area (Å²) in [6.07, 6.45) is 2.29. The van der Waals surface area contributed by atoms with Gasteiger partial charge in [0.15, 0.2) is 0 Å². The van der Waals surface area contributed by atoms with E-state index < -0.39 is 6.10 Å². The predicted octanol–water partition coefficient (Wildman–Crippen LogP) is 1.62. The lowest BCUT2D eigenvalue weighted by atomic mass is 10.2. The second-order valence-electron chi connectivity index (χ2n) is 3.55. The van der Waals surface area contributed by atoms with Gasteiger partial charge in [-0.3, -0.25) is 9.36 Å². The van der Waals surface area contributed by atoms with Crippen LogP contribution in [0.25, 0.3) is 0 Å². The Bertz CT molecular complexity index is 489. The Labute approximate surface area is 93.2 Å².